The Kier molecular flexibility index (Phi) is 4.45. The molecular weight excluding hydrogens is 374 g/mol. The van der Waals surface area contributed by atoms with Crippen LogP contribution < -0.4 is 4.72 Å². The van der Waals surface area contributed by atoms with E-state index in [9.17, 15) is 8.42 Å². The summed E-state index contributed by atoms with van der Waals surface area (Å²) in [6.07, 6.45) is 4.35. The number of aromatic nitrogens is 2. The standard InChI is InChI=1S/C17H19N3O4S2/c1-10-11(2)20-24-17(10)13-7-8-16(23-13)26(21,22)18-9-15-19-12-5-3-4-6-14(12)25-15/h7-8,18H,3-6,9H2,1-2H3. The van der Waals surface area contributed by atoms with Crippen molar-refractivity contribution in [2.75, 3.05) is 0 Å². The molecule has 0 unspecified atom stereocenters. The summed E-state index contributed by atoms with van der Waals surface area (Å²) in [5, 5.41) is 4.50. The maximum atomic E-state index is 12.5. The second-order valence-electron chi connectivity index (χ2n) is 6.35. The molecule has 0 aromatic carbocycles. The second-order valence-corrected chi connectivity index (χ2v) is 9.22. The molecule has 26 heavy (non-hydrogen) atoms. The van der Waals surface area contributed by atoms with Crippen molar-refractivity contribution in [2.24, 2.45) is 0 Å². The zero-order valence-electron chi connectivity index (χ0n) is 14.5. The summed E-state index contributed by atoms with van der Waals surface area (Å²) < 4.78 is 38.3. The Labute approximate surface area is 155 Å². The highest BCUT2D eigenvalue weighted by atomic mass is 32.2. The number of hydrogen-bond acceptors (Lipinski definition) is 7. The van der Waals surface area contributed by atoms with Gasteiger partial charge in [-0.25, -0.2) is 18.1 Å². The zero-order valence-corrected chi connectivity index (χ0v) is 16.2. The van der Waals surface area contributed by atoms with Gasteiger partial charge in [0.05, 0.1) is 17.9 Å². The lowest BCUT2D eigenvalue weighted by Crippen LogP contribution is -2.22. The molecule has 7 nitrogen and oxygen atoms in total. The molecule has 1 N–H and O–H groups in total. The summed E-state index contributed by atoms with van der Waals surface area (Å²) in [6.45, 7) is 3.83. The molecule has 9 heteroatoms. The molecule has 0 fully saturated rings. The fraction of sp³-hybridized carbons (Fsp3) is 0.412. The van der Waals surface area contributed by atoms with Crippen LogP contribution in [0, 0.1) is 13.8 Å². The van der Waals surface area contributed by atoms with Gasteiger partial charge in [-0.05, 0) is 51.7 Å². The number of thiazole rings is 1. The summed E-state index contributed by atoms with van der Waals surface area (Å²) in [4.78, 5) is 5.83. The van der Waals surface area contributed by atoms with Crippen LogP contribution in [0.5, 0.6) is 0 Å². The number of sulfonamides is 1. The first kappa shape index (κ1) is 17.4. The summed E-state index contributed by atoms with van der Waals surface area (Å²) in [5.41, 5.74) is 2.68. The molecule has 0 spiro atoms. The largest absolute Gasteiger partial charge is 0.440 e. The van der Waals surface area contributed by atoms with Crippen LogP contribution in [0.4, 0.5) is 0 Å². The highest BCUT2D eigenvalue weighted by Gasteiger charge is 2.23. The fourth-order valence-electron chi connectivity index (χ4n) is 2.94. The van der Waals surface area contributed by atoms with Gasteiger partial charge in [0.1, 0.15) is 5.01 Å². The van der Waals surface area contributed by atoms with Crippen LogP contribution in [0.2, 0.25) is 0 Å². The van der Waals surface area contributed by atoms with Crippen molar-refractivity contribution in [1.82, 2.24) is 14.9 Å². The zero-order chi connectivity index (χ0) is 18.3. The number of rotatable bonds is 5. The first-order valence-corrected chi connectivity index (χ1v) is 10.7. The Morgan fingerprint density at radius 1 is 1.23 bits per heavy atom. The van der Waals surface area contributed by atoms with Crippen molar-refractivity contribution in [3.63, 3.8) is 0 Å². The first-order valence-electron chi connectivity index (χ1n) is 8.44. The van der Waals surface area contributed by atoms with Crippen LogP contribution in [0.3, 0.4) is 0 Å². The van der Waals surface area contributed by atoms with Crippen molar-refractivity contribution >= 4 is 21.4 Å². The van der Waals surface area contributed by atoms with E-state index in [0.29, 0.717) is 11.5 Å². The van der Waals surface area contributed by atoms with Crippen LogP contribution in [0.15, 0.2) is 26.2 Å². The topological polar surface area (TPSA) is 98.2 Å². The average Bonchev–Trinajstić information content (AvgIpc) is 3.33. The molecule has 3 aromatic rings. The van der Waals surface area contributed by atoms with Crippen LogP contribution in [0.1, 0.15) is 39.7 Å². The summed E-state index contributed by atoms with van der Waals surface area (Å²) >= 11 is 1.59. The quantitative estimate of drug-likeness (QED) is 0.714. The molecule has 138 valence electrons. The predicted molar refractivity (Wildman–Crippen MR) is 96.5 cm³/mol. The van der Waals surface area contributed by atoms with Crippen molar-refractivity contribution in [2.45, 2.75) is 51.2 Å². The van der Waals surface area contributed by atoms with Gasteiger partial charge in [-0.1, -0.05) is 5.16 Å². The number of fused-ring (bicyclic) bond motifs is 1. The number of nitrogens with one attached hydrogen (secondary N) is 1. The van der Waals surface area contributed by atoms with Gasteiger partial charge in [0.25, 0.3) is 10.0 Å². The summed E-state index contributed by atoms with van der Waals surface area (Å²) in [5.74, 6) is 0.782. The van der Waals surface area contributed by atoms with Crippen molar-refractivity contribution < 1.29 is 17.4 Å². The van der Waals surface area contributed by atoms with E-state index in [0.717, 1.165) is 41.2 Å². The lowest BCUT2D eigenvalue weighted by molar-refractivity contribution is 0.397. The third-order valence-corrected chi connectivity index (χ3v) is 6.96. The molecule has 1 aliphatic rings. The summed E-state index contributed by atoms with van der Waals surface area (Å²) in [7, 11) is -3.77. The van der Waals surface area contributed by atoms with E-state index in [1.54, 1.807) is 17.4 Å². The van der Waals surface area contributed by atoms with Gasteiger partial charge in [-0.3, -0.25) is 0 Å². The van der Waals surface area contributed by atoms with Crippen LogP contribution in [-0.4, -0.2) is 18.6 Å². The van der Waals surface area contributed by atoms with E-state index in [-0.39, 0.29) is 11.6 Å². The van der Waals surface area contributed by atoms with Crippen molar-refractivity contribution in [1.29, 1.82) is 0 Å². The van der Waals surface area contributed by atoms with E-state index in [2.05, 4.69) is 14.9 Å². The SMILES string of the molecule is Cc1noc(-c2ccc(S(=O)(=O)NCc3nc4c(s3)CCCC4)o2)c1C. The normalized spacial score (nSPS) is 14.5. The van der Waals surface area contributed by atoms with E-state index in [1.165, 1.54) is 17.4 Å². The number of hydrogen-bond donors (Lipinski definition) is 1. The Morgan fingerprint density at radius 3 is 2.77 bits per heavy atom. The Morgan fingerprint density at radius 2 is 2.04 bits per heavy atom. The Balaban J connectivity index is 1.50. The fourth-order valence-corrected chi connectivity index (χ4v) is 5.04. The maximum Gasteiger partial charge on any atom is 0.274 e. The van der Waals surface area contributed by atoms with Gasteiger partial charge in [-0.2, -0.15) is 0 Å². The van der Waals surface area contributed by atoms with Crippen LogP contribution in [-0.2, 0) is 29.4 Å². The Bertz CT molecular complexity index is 1020. The molecule has 0 bridgehead atoms. The molecule has 1 aliphatic carbocycles. The lowest BCUT2D eigenvalue weighted by atomic mass is 10.0. The molecule has 0 amide bonds. The van der Waals surface area contributed by atoms with E-state index >= 15 is 0 Å². The minimum absolute atomic E-state index is 0.151. The van der Waals surface area contributed by atoms with E-state index < -0.39 is 10.0 Å². The highest BCUT2D eigenvalue weighted by molar-refractivity contribution is 7.89. The molecule has 0 atom stereocenters. The monoisotopic (exact) mass is 393 g/mol. The number of nitrogens with zero attached hydrogens (tertiary/aromatic N) is 2. The molecule has 4 rings (SSSR count). The average molecular weight is 393 g/mol. The van der Waals surface area contributed by atoms with Gasteiger partial charge in [0.2, 0.25) is 10.9 Å². The van der Waals surface area contributed by atoms with Crippen molar-refractivity contribution in [3.05, 3.63) is 39.0 Å². The molecule has 0 aliphatic heterocycles. The Hall–Kier alpha value is -1.97. The second kappa shape index (κ2) is 6.64. The number of furan rings is 1. The van der Waals surface area contributed by atoms with Gasteiger partial charge in [0.15, 0.2) is 5.76 Å². The highest BCUT2D eigenvalue weighted by Crippen LogP contribution is 2.29. The smallest absolute Gasteiger partial charge is 0.274 e. The molecular formula is C17H19N3O4S2. The van der Waals surface area contributed by atoms with Gasteiger partial charge in [-0.15, -0.1) is 11.3 Å². The van der Waals surface area contributed by atoms with Gasteiger partial charge < -0.3 is 8.94 Å². The lowest BCUT2D eigenvalue weighted by Gasteiger charge is -2.06. The van der Waals surface area contributed by atoms with Gasteiger partial charge >= 0.3 is 0 Å². The van der Waals surface area contributed by atoms with E-state index in [1.807, 2.05) is 13.8 Å². The maximum absolute atomic E-state index is 12.5. The summed E-state index contributed by atoms with van der Waals surface area (Å²) in [6, 6.07) is 2.99. The van der Waals surface area contributed by atoms with Gasteiger partial charge in [0, 0.05) is 10.4 Å². The molecule has 0 saturated carbocycles. The molecule has 3 aromatic heterocycles. The molecule has 0 radical (unpaired) electrons. The van der Waals surface area contributed by atoms with Crippen molar-refractivity contribution in [3.8, 4) is 11.5 Å². The molecule has 3 heterocycles. The third-order valence-electron chi connectivity index (χ3n) is 4.53. The minimum atomic E-state index is -3.77. The predicted octanol–water partition coefficient (Wildman–Crippen LogP) is 3.37. The van der Waals surface area contributed by atoms with Crippen LogP contribution in [0.25, 0.3) is 11.5 Å². The molecule has 0 saturated heterocycles. The number of aryl methyl sites for hydroxylation is 3. The third kappa shape index (κ3) is 3.22. The minimum Gasteiger partial charge on any atom is -0.440 e. The van der Waals surface area contributed by atoms with Crippen LogP contribution >= 0.6 is 11.3 Å². The first-order chi connectivity index (χ1) is 12.4. The van der Waals surface area contributed by atoms with E-state index in [4.69, 9.17) is 8.94 Å².